The van der Waals surface area contributed by atoms with Crippen LogP contribution in [-0.2, 0) is 10.2 Å². The lowest BCUT2D eigenvalue weighted by molar-refractivity contribution is 0.441. The molecule has 1 heterocycles. The molecular formula is C12H27N3O2S2. The van der Waals surface area contributed by atoms with Gasteiger partial charge in [-0.1, -0.05) is 6.92 Å². The van der Waals surface area contributed by atoms with E-state index in [1.807, 2.05) is 18.7 Å². The highest BCUT2D eigenvalue weighted by Gasteiger charge is 2.31. The lowest BCUT2D eigenvalue weighted by atomic mass is 10.1. The molecule has 0 bridgehead atoms. The zero-order valence-corrected chi connectivity index (χ0v) is 13.9. The largest absolute Gasteiger partial charge is 0.317 e. The van der Waals surface area contributed by atoms with Crippen LogP contribution in [0.15, 0.2) is 0 Å². The SMILES string of the molecule is CCNCCCN(C)S(=O)(=O)NCC1(C)CCCS1. The van der Waals surface area contributed by atoms with Crippen molar-refractivity contribution < 1.29 is 8.42 Å². The van der Waals surface area contributed by atoms with Gasteiger partial charge >= 0.3 is 0 Å². The molecule has 2 N–H and O–H groups in total. The van der Waals surface area contributed by atoms with Gasteiger partial charge in [-0.2, -0.15) is 24.5 Å². The van der Waals surface area contributed by atoms with Gasteiger partial charge in [-0.05, 0) is 45.0 Å². The number of rotatable bonds is 9. The van der Waals surface area contributed by atoms with Crippen molar-refractivity contribution in [3.05, 3.63) is 0 Å². The summed E-state index contributed by atoms with van der Waals surface area (Å²) in [6, 6.07) is 0. The summed E-state index contributed by atoms with van der Waals surface area (Å²) in [6.45, 7) is 7.03. The lowest BCUT2D eigenvalue weighted by Crippen LogP contribution is -2.44. The Balaban J connectivity index is 2.33. The molecule has 0 radical (unpaired) electrons. The van der Waals surface area contributed by atoms with E-state index in [1.165, 1.54) is 10.7 Å². The second-order valence-electron chi connectivity index (χ2n) is 5.26. The van der Waals surface area contributed by atoms with Gasteiger partial charge < -0.3 is 5.32 Å². The third-order valence-electron chi connectivity index (χ3n) is 3.42. The quantitative estimate of drug-likeness (QED) is 0.625. The average molecular weight is 310 g/mol. The Labute approximate surface area is 122 Å². The van der Waals surface area contributed by atoms with E-state index in [2.05, 4.69) is 17.0 Å². The van der Waals surface area contributed by atoms with Gasteiger partial charge in [0.05, 0.1) is 0 Å². The van der Waals surface area contributed by atoms with Crippen LogP contribution in [0.5, 0.6) is 0 Å². The Hall–Kier alpha value is 0.180. The third-order valence-corrected chi connectivity index (χ3v) is 6.47. The molecule has 0 aromatic rings. The van der Waals surface area contributed by atoms with Crippen molar-refractivity contribution >= 4 is 22.0 Å². The van der Waals surface area contributed by atoms with E-state index in [-0.39, 0.29) is 4.75 Å². The maximum atomic E-state index is 12.1. The molecule has 1 saturated heterocycles. The smallest absolute Gasteiger partial charge is 0.279 e. The molecule has 1 atom stereocenters. The van der Waals surface area contributed by atoms with Gasteiger partial charge in [-0.3, -0.25) is 0 Å². The van der Waals surface area contributed by atoms with E-state index in [0.717, 1.165) is 31.7 Å². The van der Waals surface area contributed by atoms with E-state index < -0.39 is 10.2 Å². The monoisotopic (exact) mass is 309 g/mol. The molecule has 0 aromatic heterocycles. The second-order valence-corrected chi connectivity index (χ2v) is 8.80. The van der Waals surface area contributed by atoms with Crippen LogP contribution in [-0.4, -0.2) is 56.4 Å². The van der Waals surface area contributed by atoms with Crippen molar-refractivity contribution in [2.75, 3.05) is 39.0 Å². The van der Waals surface area contributed by atoms with Gasteiger partial charge in [0.25, 0.3) is 10.2 Å². The molecule has 1 aliphatic heterocycles. The van der Waals surface area contributed by atoms with Crippen LogP contribution in [0.25, 0.3) is 0 Å². The molecule has 19 heavy (non-hydrogen) atoms. The Kier molecular flexibility index (Phi) is 7.10. The average Bonchev–Trinajstić information content (AvgIpc) is 2.80. The minimum Gasteiger partial charge on any atom is -0.317 e. The molecule has 0 amide bonds. The Morgan fingerprint density at radius 1 is 1.42 bits per heavy atom. The van der Waals surface area contributed by atoms with Crippen LogP contribution < -0.4 is 10.0 Å². The van der Waals surface area contributed by atoms with E-state index in [0.29, 0.717) is 13.1 Å². The van der Waals surface area contributed by atoms with E-state index in [4.69, 9.17) is 0 Å². The van der Waals surface area contributed by atoms with Crippen LogP contribution in [0.3, 0.4) is 0 Å². The molecule has 0 spiro atoms. The van der Waals surface area contributed by atoms with Gasteiger partial charge in [0, 0.05) is 24.9 Å². The summed E-state index contributed by atoms with van der Waals surface area (Å²) in [5, 5.41) is 3.19. The molecule has 1 aliphatic rings. The van der Waals surface area contributed by atoms with Crippen LogP contribution in [0.1, 0.15) is 33.1 Å². The number of thioether (sulfide) groups is 1. The van der Waals surface area contributed by atoms with Gasteiger partial charge in [0.1, 0.15) is 0 Å². The normalized spacial score (nSPS) is 24.2. The summed E-state index contributed by atoms with van der Waals surface area (Å²) >= 11 is 1.87. The predicted octanol–water partition coefficient (Wildman–Crippen LogP) is 1.04. The molecule has 0 aromatic carbocycles. The van der Waals surface area contributed by atoms with Gasteiger partial charge in [-0.15, -0.1) is 0 Å². The first kappa shape index (κ1) is 17.2. The van der Waals surface area contributed by atoms with Crippen LogP contribution in [0, 0.1) is 0 Å². The molecule has 1 unspecified atom stereocenters. The van der Waals surface area contributed by atoms with E-state index in [9.17, 15) is 8.42 Å². The summed E-state index contributed by atoms with van der Waals surface area (Å²) in [4.78, 5) is 0. The van der Waals surface area contributed by atoms with Crippen LogP contribution in [0.2, 0.25) is 0 Å². The molecule has 7 heteroatoms. The van der Waals surface area contributed by atoms with Crippen molar-refractivity contribution in [1.82, 2.24) is 14.3 Å². The summed E-state index contributed by atoms with van der Waals surface area (Å²) in [5.41, 5.74) is 0. The van der Waals surface area contributed by atoms with Crippen molar-refractivity contribution in [3.63, 3.8) is 0 Å². The molecule has 0 saturated carbocycles. The summed E-state index contributed by atoms with van der Waals surface area (Å²) in [6.07, 6.45) is 3.10. The maximum Gasteiger partial charge on any atom is 0.279 e. The predicted molar refractivity (Wildman–Crippen MR) is 82.8 cm³/mol. The second kappa shape index (κ2) is 7.83. The number of hydrogen-bond acceptors (Lipinski definition) is 4. The molecule has 1 rings (SSSR count). The molecule has 114 valence electrons. The Morgan fingerprint density at radius 2 is 2.16 bits per heavy atom. The number of hydrogen-bond donors (Lipinski definition) is 2. The lowest BCUT2D eigenvalue weighted by Gasteiger charge is -2.25. The summed E-state index contributed by atoms with van der Waals surface area (Å²) in [5.74, 6) is 1.14. The Morgan fingerprint density at radius 3 is 2.74 bits per heavy atom. The topological polar surface area (TPSA) is 61.4 Å². The highest BCUT2D eigenvalue weighted by molar-refractivity contribution is 8.00. The van der Waals surface area contributed by atoms with Gasteiger partial charge in [0.15, 0.2) is 0 Å². The van der Waals surface area contributed by atoms with E-state index in [1.54, 1.807) is 7.05 Å². The number of nitrogens with one attached hydrogen (secondary N) is 2. The molecule has 0 aliphatic carbocycles. The molecular weight excluding hydrogens is 282 g/mol. The zero-order chi connectivity index (χ0) is 14.4. The highest BCUT2D eigenvalue weighted by Crippen LogP contribution is 2.37. The minimum atomic E-state index is -3.33. The number of nitrogens with zero attached hydrogens (tertiary/aromatic N) is 1. The Bertz CT molecular complexity index is 354. The van der Waals surface area contributed by atoms with Gasteiger partial charge in [-0.25, -0.2) is 4.72 Å². The fourth-order valence-electron chi connectivity index (χ4n) is 2.05. The first-order valence-corrected chi connectivity index (χ1v) is 9.38. The maximum absolute atomic E-state index is 12.1. The zero-order valence-electron chi connectivity index (χ0n) is 12.2. The standard InChI is InChI=1S/C12H27N3O2S2/c1-4-13-8-6-9-15(3)19(16,17)14-11-12(2)7-5-10-18-12/h13-14H,4-11H2,1-3H3. The van der Waals surface area contributed by atoms with Crippen molar-refractivity contribution in [2.45, 2.75) is 37.9 Å². The summed E-state index contributed by atoms with van der Waals surface area (Å²) in [7, 11) is -1.69. The highest BCUT2D eigenvalue weighted by atomic mass is 32.2. The van der Waals surface area contributed by atoms with Crippen molar-refractivity contribution in [3.8, 4) is 0 Å². The fourth-order valence-corrected chi connectivity index (χ4v) is 4.48. The first-order chi connectivity index (χ1) is 8.90. The minimum absolute atomic E-state index is 0.0671. The van der Waals surface area contributed by atoms with Gasteiger partial charge in [0.2, 0.25) is 0 Å². The van der Waals surface area contributed by atoms with E-state index >= 15 is 0 Å². The third kappa shape index (κ3) is 5.99. The summed E-state index contributed by atoms with van der Waals surface area (Å²) < 4.78 is 28.4. The first-order valence-electron chi connectivity index (χ1n) is 6.95. The molecule has 1 fully saturated rings. The van der Waals surface area contributed by atoms with Crippen molar-refractivity contribution in [1.29, 1.82) is 0 Å². The van der Waals surface area contributed by atoms with Crippen LogP contribution in [0.4, 0.5) is 0 Å². The van der Waals surface area contributed by atoms with Crippen LogP contribution >= 0.6 is 11.8 Å². The van der Waals surface area contributed by atoms with Crippen molar-refractivity contribution in [2.24, 2.45) is 0 Å². The molecule has 5 nitrogen and oxygen atoms in total. The fraction of sp³-hybridized carbons (Fsp3) is 1.00.